The summed E-state index contributed by atoms with van der Waals surface area (Å²) < 4.78 is 5.25. The second-order valence-corrected chi connectivity index (χ2v) is 4.33. The summed E-state index contributed by atoms with van der Waals surface area (Å²) in [5.74, 6) is 0.0326. The van der Waals surface area contributed by atoms with E-state index in [2.05, 4.69) is 0 Å². The van der Waals surface area contributed by atoms with E-state index in [0.29, 0.717) is 5.39 Å². The van der Waals surface area contributed by atoms with Gasteiger partial charge in [0, 0.05) is 0 Å². The van der Waals surface area contributed by atoms with Gasteiger partial charge in [0.25, 0.3) is 5.24 Å². The molecule has 0 N–H and O–H groups in total. The number of nitro groups is 1. The number of nitro benzene ring substituents is 1. The molecule has 5 nitrogen and oxygen atoms in total. The Labute approximate surface area is 113 Å². The first-order chi connectivity index (χ1) is 9.00. The molecule has 0 radical (unpaired) electrons. The summed E-state index contributed by atoms with van der Waals surface area (Å²) in [5.41, 5.74) is -0.164. The molecule has 0 heterocycles. The van der Waals surface area contributed by atoms with E-state index in [4.69, 9.17) is 16.3 Å². The molecule has 0 aliphatic rings. The van der Waals surface area contributed by atoms with Gasteiger partial charge in [0.1, 0.15) is 0 Å². The highest BCUT2D eigenvalue weighted by Crippen LogP contribution is 2.35. The van der Waals surface area contributed by atoms with Crippen LogP contribution in [-0.4, -0.2) is 16.3 Å². The quantitative estimate of drug-likeness (QED) is 0.489. The normalized spacial score (nSPS) is 12.1. The number of benzene rings is 2. The molecule has 0 aliphatic heterocycles. The molecule has 0 aromatic heterocycles. The molecule has 2 rings (SSSR count). The molecule has 1 atom stereocenters. The van der Waals surface area contributed by atoms with E-state index in [0.717, 1.165) is 5.39 Å². The minimum Gasteiger partial charge on any atom is -0.474 e. The lowest BCUT2D eigenvalue weighted by atomic mass is 10.1. The van der Waals surface area contributed by atoms with E-state index < -0.39 is 16.3 Å². The number of carbonyl (C=O) groups is 1. The number of rotatable bonds is 4. The topological polar surface area (TPSA) is 69.4 Å². The first kappa shape index (κ1) is 13.3. The van der Waals surface area contributed by atoms with Crippen LogP contribution in [0.5, 0.6) is 5.75 Å². The molecule has 0 unspecified atom stereocenters. The number of ether oxygens (including phenoxy) is 1. The molecule has 2 aromatic carbocycles. The van der Waals surface area contributed by atoms with Crippen molar-refractivity contribution in [1.29, 1.82) is 0 Å². The maximum absolute atomic E-state index is 11.2. The molecule has 0 fully saturated rings. The van der Waals surface area contributed by atoms with E-state index in [1.807, 2.05) is 0 Å². The van der Waals surface area contributed by atoms with Crippen LogP contribution in [0.2, 0.25) is 0 Å². The van der Waals surface area contributed by atoms with Crippen molar-refractivity contribution in [2.75, 3.05) is 0 Å². The summed E-state index contributed by atoms with van der Waals surface area (Å²) in [5, 5.41) is 11.7. The van der Waals surface area contributed by atoms with E-state index >= 15 is 0 Å². The summed E-state index contributed by atoms with van der Waals surface area (Å²) in [4.78, 5) is 21.6. The van der Waals surface area contributed by atoms with E-state index in [-0.39, 0.29) is 11.4 Å². The maximum atomic E-state index is 11.2. The Kier molecular flexibility index (Phi) is 3.66. The summed E-state index contributed by atoms with van der Waals surface area (Å²) in [6.45, 7) is 1.44. The summed E-state index contributed by atoms with van der Waals surface area (Å²) in [6, 6.07) is 10.1. The molecule has 0 saturated heterocycles. The average molecular weight is 280 g/mol. The predicted molar refractivity (Wildman–Crippen MR) is 71.6 cm³/mol. The lowest BCUT2D eigenvalue weighted by molar-refractivity contribution is -0.384. The number of fused-ring (bicyclic) bond motifs is 1. The Morgan fingerprint density at radius 1 is 1.32 bits per heavy atom. The van der Waals surface area contributed by atoms with Gasteiger partial charge in [-0.1, -0.05) is 24.3 Å². The maximum Gasteiger partial charge on any atom is 0.318 e. The lowest BCUT2D eigenvalue weighted by Crippen LogP contribution is -2.19. The van der Waals surface area contributed by atoms with Crippen molar-refractivity contribution in [3.05, 3.63) is 46.5 Å². The van der Waals surface area contributed by atoms with Gasteiger partial charge in [-0.05, 0) is 36.0 Å². The second kappa shape index (κ2) is 5.24. The van der Waals surface area contributed by atoms with Crippen LogP contribution in [0.1, 0.15) is 6.92 Å². The van der Waals surface area contributed by atoms with Crippen LogP contribution in [0.4, 0.5) is 5.69 Å². The highest BCUT2D eigenvalue weighted by molar-refractivity contribution is 6.64. The molecule has 0 aliphatic carbocycles. The molecular formula is C13H10ClNO4. The van der Waals surface area contributed by atoms with E-state index in [1.165, 1.54) is 13.0 Å². The zero-order valence-electron chi connectivity index (χ0n) is 10.00. The first-order valence-corrected chi connectivity index (χ1v) is 5.90. The molecule has 0 bridgehead atoms. The van der Waals surface area contributed by atoms with Crippen LogP contribution in [-0.2, 0) is 4.79 Å². The predicted octanol–water partition coefficient (Wildman–Crippen LogP) is 3.28. The first-order valence-electron chi connectivity index (χ1n) is 5.53. The lowest BCUT2D eigenvalue weighted by Gasteiger charge is -2.11. The highest BCUT2D eigenvalue weighted by atomic mass is 35.5. The molecule has 0 spiro atoms. The summed E-state index contributed by atoms with van der Waals surface area (Å²) in [7, 11) is 0. The fourth-order valence-corrected chi connectivity index (χ4v) is 1.80. The highest BCUT2D eigenvalue weighted by Gasteiger charge is 2.22. The van der Waals surface area contributed by atoms with Crippen LogP contribution < -0.4 is 4.74 Å². The largest absolute Gasteiger partial charge is 0.474 e. The van der Waals surface area contributed by atoms with E-state index in [1.54, 1.807) is 30.3 Å². The molecular weight excluding hydrogens is 270 g/mol. The van der Waals surface area contributed by atoms with Crippen molar-refractivity contribution in [2.24, 2.45) is 0 Å². The van der Waals surface area contributed by atoms with Gasteiger partial charge < -0.3 is 4.74 Å². The smallest absolute Gasteiger partial charge is 0.318 e. The molecule has 2 aromatic rings. The molecule has 6 heteroatoms. The number of hydrogen-bond acceptors (Lipinski definition) is 4. The van der Waals surface area contributed by atoms with Gasteiger partial charge in [-0.3, -0.25) is 14.9 Å². The molecule has 0 saturated carbocycles. The van der Waals surface area contributed by atoms with Crippen molar-refractivity contribution in [3.63, 3.8) is 0 Å². The van der Waals surface area contributed by atoms with Crippen molar-refractivity contribution in [1.82, 2.24) is 0 Å². The van der Waals surface area contributed by atoms with Gasteiger partial charge in [-0.15, -0.1) is 0 Å². The SMILES string of the molecule is C[C@@H](Oc1ccc2ccccc2c1[N+](=O)[O-])C(=O)Cl. The van der Waals surface area contributed by atoms with Crippen molar-refractivity contribution < 1.29 is 14.5 Å². The van der Waals surface area contributed by atoms with Gasteiger partial charge in [-0.25, -0.2) is 0 Å². The van der Waals surface area contributed by atoms with E-state index in [9.17, 15) is 14.9 Å². The minimum atomic E-state index is -0.943. The van der Waals surface area contributed by atoms with Crippen LogP contribution in [0.3, 0.4) is 0 Å². The van der Waals surface area contributed by atoms with Crippen molar-refractivity contribution in [2.45, 2.75) is 13.0 Å². The van der Waals surface area contributed by atoms with Crippen molar-refractivity contribution in [3.8, 4) is 5.75 Å². The number of nitrogens with zero attached hydrogens (tertiary/aromatic N) is 1. The summed E-state index contributed by atoms with van der Waals surface area (Å²) in [6.07, 6.45) is -0.943. The zero-order chi connectivity index (χ0) is 14.0. The van der Waals surface area contributed by atoms with Crippen LogP contribution in [0.25, 0.3) is 10.8 Å². The Morgan fingerprint density at radius 2 is 2.00 bits per heavy atom. The molecule has 19 heavy (non-hydrogen) atoms. The van der Waals surface area contributed by atoms with Gasteiger partial charge in [-0.2, -0.15) is 0 Å². The number of carbonyl (C=O) groups excluding carboxylic acids is 1. The van der Waals surface area contributed by atoms with Gasteiger partial charge >= 0.3 is 5.69 Å². The second-order valence-electron chi connectivity index (χ2n) is 3.95. The minimum absolute atomic E-state index is 0.0326. The Morgan fingerprint density at radius 3 is 2.63 bits per heavy atom. The average Bonchev–Trinajstić information content (AvgIpc) is 2.37. The van der Waals surface area contributed by atoms with Crippen LogP contribution in [0, 0.1) is 10.1 Å². The number of halogens is 1. The van der Waals surface area contributed by atoms with Crippen LogP contribution >= 0.6 is 11.6 Å². The standard InChI is InChI=1S/C13H10ClNO4/c1-8(13(14)16)19-11-7-6-9-4-2-3-5-10(9)12(11)15(17)18/h2-8H,1H3/t8-/m1/s1. The third-order valence-corrected chi connectivity index (χ3v) is 2.98. The summed E-state index contributed by atoms with van der Waals surface area (Å²) >= 11 is 5.29. The van der Waals surface area contributed by atoms with Crippen molar-refractivity contribution >= 4 is 33.3 Å². The molecule has 98 valence electrons. The molecule has 0 amide bonds. The number of hydrogen-bond donors (Lipinski definition) is 0. The van der Waals surface area contributed by atoms with Gasteiger partial charge in [0.2, 0.25) is 0 Å². The Balaban J connectivity index is 2.58. The van der Waals surface area contributed by atoms with Crippen LogP contribution in [0.15, 0.2) is 36.4 Å². The van der Waals surface area contributed by atoms with Gasteiger partial charge in [0.15, 0.2) is 11.9 Å². The zero-order valence-corrected chi connectivity index (χ0v) is 10.8. The monoisotopic (exact) mass is 279 g/mol. The fourth-order valence-electron chi connectivity index (χ4n) is 1.76. The Bertz CT molecular complexity index is 656. The van der Waals surface area contributed by atoms with Gasteiger partial charge in [0.05, 0.1) is 10.3 Å². The third kappa shape index (κ3) is 2.66. The Hall–Kier alpha value is -2.14. The third-order valence-electron chi connectivity index (χ3n) is 2.67. The fraction of sp³-hybridized carbons (Fsp3) is 0.154.